The fraction of sp³-hybridized carbons (Fsp3) is 0.667. The SMILES string of the molecule is CN(C)C(=O)CN=C(NCCCN1CCOCC1)NC1CCN(Cc2ccccc2)CC1. The number of rotatable bonds is 9. The van der Waals surface area contributed by atoms with Crippen molar-refractivity contribution in [3.8, 4) is 0 Å². The van der Waals surface area contributed by atoms with Crippen molar-refractivity contribution in [1.82, 2.24) is 25.3 Å². The Labute approximate surface area is 193 Å². The van der Waals surface area contributed by atoms with Crippen LogP contribution >= 0.6 is 0 Å². The lowest BCUT2D eigenvalue weighted by atomic mass is 10.0. The van der Waals surface area contributed by atoms with Gasteiger partial charge in [-0.3, -0.25) is 14.6 Å². The third kappa shape index (κ3) is 8.76. The third-order valence-corrected chi connectivity index (χ3v) is 6.10. The number of benzene rings is 1. The predicted octanol–water partition coefficient (Wildman–Crippen LogP) is 0.997. The Hall–Kier alpha value is -2.16. The molecule has 0 spiro atoms. The molecule has 2 aliphatic rings. The quantitative estimate of drug-likeness (QED) is 0.336. The summed E-state index contributed by atoms with van der Waals surface area (Å²) >= 11 is 0. The van der Waals surface area contributed by atoms with E-state index in [1.807, 2.05) is 0 Å². The van der Waals surface area contributed by atoms with Gasteiger partial charge < -0.3 is 20.3 Å². The van der Waals surface area contributed by atoms with Crippen LogP contribution in [-0.4, -0.2) is 106 Å². The molecular formula is C24H40N6O2. The van der Waals surface area contributed by atoms with Crippen LogP contribution in [-0.2, 0) is 16.1 Å². The summed E-state index contributed by atoms with van der Waals surface area (Å²) in [6.07, 6.45) is 3.18. The maximum Gasteiger partial charge on any atom is 0.243 e. The smallest absolute Gasteiger partial charge is 0.243 e. The molecule has 8 nitrogen and oxygen atoms in total. The molecule has 0 unspecified atom stereocenters. The van der Waals surface area contributed by atoms with Crippen LogP contribution in [0.3, 0.4) is 0 Å². The minimum Gasteiger partial charge on any atom is -0.379 e. The summed E-state index contributed by atoms with van der Waals surface area (Å²) in [5, 5.41) is 7.03. The molecule has 0 saturated carbocycles. The molecule has 1 amide bonds. The van der Waals surface area contributed by atoms with Crippen LogP contribution in [0, 0.1) is 0 Å². The standard InChI is InChI=1S/C24H40N6O2/c1-28(2)23(31)19-26-24(25-11-6-12-29-15-17-32-18-16-29)27-22-9-13-30(14-10-22)20-21-7-4-3-5-8-21/h3-5,7-8,22H,6,9-20H2,1-2H3,(H2,25,26,27). The zero-order valence-corrected chi connectivity index (χ0v) is 19.8. The van der Waals surface area contributed by atoms with Gasteiger partial charge >= 0.3 is 0 Å². The van der Waals surface area contributed by atoms with Gasteiger partial charge in [-0.2, -0.15) is 0 Å². The number of nitrogens with zero attached hydrogens (tertiary/aromatic N) is 4. The van der Waals surface area contributed by atoms with Crippen LogP contribution in [0.15, 0.2) is 35.3 Å². The summed E-state index contributed by atoms with van der Waals surface area (Å²) in [4.78, 5) is 23.1. The number of guanidine groups is 1. The molecule has 3 rings (SSSR count). The molecule has 0 aliphatic carbocycles. The van der Waals surface area contributed by atoms with Crippen molar-refractivity contribution in [2.75, 3.05) is 73.1 Å². The average Bonchev–Trinajstić information content (AvgIpc) is 2.82. The van der Waals surface area contributed by atoms with E-state index in [1.165, 1.54) is 5.56 Å². The first kappa shape index (κ1) is 24.5. The highest BCUT2D eigenvalue weighted by Gasteiger charge is 2.20. The number of aliphatic imine (C=N–C) groups is 1. The first-order valence-corrected chi connectivity index (χ1v) is 11.9. The van der Waals surface area contributed by atoms with E-state index < -0.39 is 0 Å². The van der Waals surface area contributed by atoms with E-state index in [0.717, 1.165) is 84.2 Å². The van der Waals surface area contributed by atoms with E-state index in [9.17, 15) is 4.79 Å². The Bertz CT molecular complexity index is 698. The van der Waals surface area contributed by atoms with Crippen molar-refractivity contribution >= 4 is 11.9 Å². The molecule has 1 aromatic carbocycles. The van der Waals surface area contributed by atoms with Gasteiger partial charge in [0, 0.05) is 59.4 Å². The molecule has 2 fully saturated rings. The van der Waals surface area contributed by atoms with Crippen LogP contribution in [0.1, 0.15) is 24.8 Å². The molecule has 0 radical (unpaired) electrons. The number of carbonyl (C=O) groups is 1. The van der Waals surface area contributed by atoms with Gasteiger partial charge in [0.05, 0.1) is 13.2 Å². The molecule has 1 aromatic rings. The second kappa shape index (κ2) is 13.4. The fourth-order valence-electron chi connectivity index (χ4n) is 4.05. The van der Waals surface area contributed by atoms with E-state index in [0.29, 0.717) is 6.04 Å². The zero-order valence-electron chi connectivity index (χ0n) is 19.8. The van der Waals surface area contributed by atoms with Crippen LogP contribution in [0.5, 0.6) is 0 Å². The number of nitrogens with one attached hydrogen (secondary N) is 2. The van der Waals surface area contributed by atoms with E-state index in [4.69, 9.17) is 4.74 Å². The van der Waals surface area contributed by atoms with Gasteiger partial charge in [-0.1, -0.05) is 30.3 Å². The number of amides is 1. The van der Waals surface area contributed by atoms with E-state index in [-0.39, 0.29) is 12.5 Å². The summed E-state index contributed by atoms with van der Waals surface area (Å²) in [5.41, 5.74) is 1.37. The van der Waals surface area contributed by atoms with Gasteiger partial charge in [-0.15, -0.1) is 0 Å². The second-order valence-electron chi connectivity index (χ2n) is 8.87. The normalized spacial score (nSPS) is 19.0. The molecule has 32 heavy (non-hydrogen) atoms. The van der Waals surface area contributed by atoms with E-state index in [2.05, 4.69) is 55.8 Å². The van der Waals surface area contributed by atoms with Gasteiger partial charge in [-0.25, -0.2) is 4.99 Å². The lowest BCUT2D eigenvalue weighted by Gasteiger charge is -2.33. The van der Waals surface area contributed by atoms with Gasteiger partial charge in [0.25, 0.3) is 0 Å². The highest BCUT2D eigenvalue weighted by Crippen LogP contribution is 2.13. The Balaban J connectivity index is 1.43. The summed E-state index contributed by atoms with van der Waals surface area (Å²) in [7, 11) is 3.53. The van der Waals surface area contributed by atoms with Gasteiger partial charge in [0.1, 0.15) is 6.54 Å². The largest absolute Gasteiger partial charge is 0.379 e. The first-order chi connectivity index (χ1) is 15.6. The summed E-state index contributed by atoms with van der Waals surface area (Å²) in [6.45, 7) is 8.88. The minimum absolute atomic E-state index is 0.0112. The van der Waals surface area contributed by atoms with E-state index >= 15 is 0 Å². The molecule has 2 N–H and O–H groups in total. The third-order valence-electron chi connectivity index (χ3n) is 6.10. The lowest BCUT2D eigenvalue weighted by Crippen LogP contribution is -2.49. The number of ether oxygens (including phenoxy) is 1. The van der Waals surface area contributed by atoms with Crippen molar-refractivity contribution in [2.24, 2.45) is 4.99 Å². The number of morpholine rings is 1. The zero-order chi connectivity index (χ0) is 22.6. The van der Waals surface area contributed by atoms with Gasteiger partial charge in [0.15, 0.2) is 5.96 Å². The molecule has 178 valence electrons. The molecule has 2 saturated heterocycles. The fourth-order valence-corrected chi connectivity index (χ4v) is 4.05. The Morgan fingerprint density at radius 2 is 1.81 bits per heavy atom. The summed E-state index contributed by atoms with van der Waals surface area (Å²) in [6, 6.07) is 11.0. The molecule has 2 heterocycles. The highest BCUT2D eigenvalue weighted by molar-refractivity contribution is 5.84. The molecule has 0 bridgehead atoms. The van der Waals surface area contributed by atoms with Crippen molar-refractivity contribution in [1.29, 1.82) is 0 Å². The highest BCUT2D eigenvalue weighted by atomic mass is 16.5. The molecule has 0 atom stereocenters. The second-order valence-corrected chi connectivity index (χ2v) is 8.87. The van der Waals surface area contributed by atoms with Crippen LogP contribution < -0.4 is 10.6 Å². The number of hydrogen-bond acceptors (Lipinski definition) is 5. The number of likely N-dealkylation sites (tertiary alicyclic amines) is 1. The van der Waals surface area contributed by atoms with Crippen molar-refractivity contribution in [3.05, 3.63) is 35.9 Å². The van der Waals surface area contributed by atoms with Crippen molar-refractivity contribution in [2.45, 2.75) is 31.8 Å². The Morgan fingerprint density at radius 3 is 2.50 bits per heavy atom. The van der Waals surface area contributed by atoms with Gasteiger partial charge in [-0.05, 0) is 31.4 Å². The lowest BCUT2D eigenvalue weighted by molar-refractivity contribution is -0.127. The van der Waals surface area contributed by atoms with Crippen LogP contribution in [0.2, 0.25) is 0 Å². The monoisotopic (exact) mass is 444 g/mol. The summed E-state index contributed by atoms with van der Waals surface area (Å²) < 4.78 is 5.42. The minimum atomic E-state index is 0.0112. The Morgan fingerprint density at radius 1 is 1.09 bits per heavy atom. The molecule has 0 aromatic heterocycles. The topological polar surface area (TPSA) is 72.4 Å². The average molecular weight is 445 g/mol. The van der Waals surface area contributed by atoms with Crippen molar-refractivity contribution in [3.63, 3.8) is 0 Å². The maximum atomic E-state index is 12.0. The van der Waals surface area contributed by atoms with E-state index in [1.54, 1.807) is 19.0 Å². The first-order valence-electron chi connectivity index (χ1n) is 11.9. The number of hydrogen-bond donors (Lipinski definition) is 2. The van der Waals surface area contributed by atoms with Gasteiger partial charge in [0.2, 0.25) is 5.91 Å². The van der Waals surface area contributed by atoms with Crippen molar-refractivity contribution < 1.29 is 9.53 Å². The van der Waals surface area contributed by atoms with Crippen LogP contribution in [0.4, 0.5) is 0 Å². The van der Waals surface area contributed by atoms with Crippen LogP contribution in [0.25, 0.3) is 0 Å². The predicted molar refractivity (Wildman–Crippen MR) is 129 cm³/mol. The number of likely N-dealkylation sites (N-methyl/N-ethyl adjacent to an activating group) is 1. The number of piperidine rings is 1. The molecular weight excluding hydrogens is 404 g/mol. The number of carbonyl (C=O) groups excluding carboxylic acids is 1. The molecule has 2 aliphatic heterocycles. The Kier molecular flexibility index (Phi) is 10.3. The maximum absolute atomic E-state index is 12.0. The molecule has 8 heteroatoms. The summed E-state index contributed by atoms with van der Waals surface area (Å²) in [5.74, 6) is 0.765.